The topological polar surface area (TPSA) is 34.1 Å². The smallest absolute Gasteiger partial charge is 0.212 e. The minimum Gasteiger partial charge on any atom is -0.212 e. The van der Waals surface area contributed by atoms with Crippen molar-refractivity contribution in [2.24, 2.45) is 11.8 Å². The van der Waals surface area contributed by atoms with Crippen LogP contribution in [0.5, 0.6) is 0 Å². The van der Waals surface area contributed by atoms with Gasteiger partial charge in [-0.15, -0.1) is 0 Å². The average molecular weight is 205 g/mol. The number of rotatable bonds is 2. The number of hydrogen-bond donors (Lipinski definition) is 0. The predicted molar refractivity (Wildman–Crippen MR) is 37.2 cm³/mol. The minimum absolute atomic E-state index is 0.622. The predicted octanol–water partition coefficient (Wildman–Crippen LogP) is 1.46. The van der Waals surface area contributed by atoms with Crippen LogP contribution in [0.2, 0.25) is 0 Å². The van der Waals surface area contributed by atoms with Gasteiger partial charge in [0.25, 0.3) is 5.92 Å². The zero-order chi connectivity index (χ0) is 8.86. The van der Waals surface area contributed by atoms with Crippen LogP contribution in [0.3, 0.4) is 0 Å². The summed E-state index contributed by atoms with van der Waals surface area (Å²) in [5.74, 6) is -5.38. The van der Waals surface area contributed by atoms with Crippen molar-refractivity contribution < 1.29 is 17.2 Å². The molecule has 11 heavy (non-hydrogen) atoms. The molecule has 0 aromatic carbocycles. The van der Waals surface area contributed by atoms with E-state index in [1.54, 1.807) is 0 Å². The monoisotopic (exact) mass is 204 g/mol. The van der Waals surface area contributed by atoms with Gasteiger partial charge in [-0.1, -0.05) is 6.92 Å². The summed E-state index contributed by atoms with van der Waals surface area (Å²) >= 11 is 0. The van der Waals surface area contributed by atoms with E-state index in [0.717, 1.165) is 0 Å². The van der Waals surface area contributed by atoms with E-state index in [4.69, 9.17) is 10.7 Å². The molecule has 66 valence electrons. The SMILES string of the molecule is C[C@@H]1[C@@H](CS(=O)(=O)Cl)C1(F)F. The van der Waals surface area contributed by atoms with E-state index < -0.39 is 32.6 Å². The number of hydrogen-bond acceptors (Lipinski definition) is 2. The summed E-state index contributed by atoms with van der Waals surface area (Å²) < 4.78 is 45.5. The van der Waals surface area contributed by atoms with Crippen LogP contribution in [0, 0.1) is 11.8 Å². The molecule has 1 aliphatic rings. The summed E-state index contributed by atoms with van der Waals surface area (Å²) in [6.07, 6.45) is 0. The molecule has 0 heterocycles. The summed E-state index contributed by atoms with van der Waals surface area (Å²) in [6.45, 7) is 1.31. The van der Waals surface area contributed by atoms with Crippen molar-refractivity contribution in [3.63, 3.8) is 0 Å². The third-order valence-corrected chi connectivity index (χ3v) is 3.11. The van der Waals surface area contributed by atoms with Crippen molar-refractivity contribution in [3.05, 3.63) is 0 Å². The lowest BCUT2D eigenvalue weighted by molar-refractivity contribution is 0.0896. The van der Waals surface area contributed by atoms with Crippen molar-refractivity contribution in [2.75, 3.05) is 5.75 Å². The van der Waals surface area contributed by atoms with Crippen molar-refractivity contribution in [2.45, 2.75) is 12.8 Å². The van der Waals surface area contributed by atoms with Crippen LogP contribution >= 0.6 is 10.7 Å². The highest BCUT2D eigenvalue weighted by atomic mass is 35.7. The van der Waals surface area contributed by atoms with Gasteiger partial charge in [0.2, 0.25) is 9.05 Å². The summed E-state index contributed by atoms with van der Waals surface area (Å²) in [6, 6.07) is 0. The molecule has 1 rings (SSSR count). The normalized spacial score (nSPS) is 35.3. The van der Waals surface area contributed by atoms with E-state index in [2.05, 4.69) is 0 Å². The first-order valence-corrected chi connectivity index (χ1v) is 5.53. The van der Waals surface area contributed by atoms with Crippen LogP contribution < -0.4 is 0 Å². The molecule has 1 fully saturated rings. The molecule has 0 saturated heterocycles. The fraction of sp³-hybridized carbons (Fsp3) is 1.00. The second-order valence-corrected chi connectivity index (χ2v) is 5.60. The molecule has 2 nitrogen and oxygen atoms in total. The molecule has 0 N–H and O–H groups in total. The molecule has 0 radical (unpaired) electrons. The first kappa shape index (κ1) is 9.19. The van der Waals surface area contributed by atoms with Gasteiger partial charge < -0.3 is 0 Å². The van der Waals surface area contributed by atoms with E-state index in [9.17, 15) is 17.2 Å². The molecule has 0 bridgehead atoms. The molecule has 0 unspecified atom stereocenters. The van der Waals surface area contributed by atoms with Crippen molar-refractivity contribution in [1.29, 1.82) is 0 Å². The molecular weight excluding hydrogens is 198 g/mol. The van der Waals surface area contributed by atoms with Gasteiger partial charge in [0, 0.05) is 22.5 Å². The fourth-order valence-corrected chi connectivity index (χ4v) is 2.38. The lowest BCUT2D eigenvalue weighted by Crippen LogP contribution is -2.05. The third-order valence-electron chi connectivity index (χ3n) is 1.97. The summed E-state index contributed by atoms with van der Waals surface area (Å²) in [5, 5.41) is 0. The van der Waals surface area contributed by atoms with Crippen LogP contribution in [0.4, 0.5) is 8.78 Å². The molecule has 1 saturated carbocycles. The van der Waals surface area contributed by atoms with Gasteiger partial charge in [-0.3, -0.25) is 0 Å². The highest BCUT2D eigenvalue weighted by molar-refractivity contribution is 8.13. The maximum atomic E-state index is 12.4. The zero-order valence-electron chi connectivity index (χ0n) is 5.72. The van der Waals surface area contributed by atoms with Crippen LogP contribution in [0.15, 0.2) is 0 Å². The Morgan fingerprint density at radius 3 is 2.00 bits per heavy atom. The molecular formula is C5H7ClF2O2S. The van der Waals surface area contributed by atoms with Gasteiger partial charge in [0.1, 0.15) is 0 Å². The molecule has 0 aliphatic heterocycles. The van der Waals surface area contributed by atoms with Crippen LogP contribution in [0.1, 0.15) is 6.92 Å². The third kappa shape index (κ3) is 1.82. The first-order chi connectivity index (χ1) is 4.75. The van der Waals surface area contributed by atoms with E-state index in [1.165, 1.54) is 6.92 Å². The Kier molecular flexibility index (Phi) is 1.92. The molecule has 0 spiro atoms. The van der Waals surface area contributed by atoms with E-state index >= 15 is 0 Å². The second kappa shape index (κ2) is 2.29. The number of halogens is 3. The highest BCUT2D eigenvalue weighted by Gasteiger charge is 2.66. The molecule has 2 atom stereocenters. The van der Waals surface area contributed by atoms with Gasteiger partial charge in [-0.2, -0.15) is 0 Å². The van der Waals surface area contributed by atoms with Gasteiger partial charge in [0.15, 0.2) is 0 Å². The molecule has 0 amide bonds. The van der Waals surface area contributed by atoms with Gasteiger partial charge in [-0.25, -0.2) is 17.2 Å². The maximum absolute atomic E-state index is 12.4. The summed E-state index contributed by atoms with van der Waals surface area (Å²) in [7, 11) is 1.03. The van der Waals surface area contributed by atoms with E-state index in [1.807, 2.05) is 0 Å². The van der Waals surface area contributed by atoms with Crippen LogP contribution in [-0.4, -0.2) is 20.1 Å². The Hall–Kier alpha value is 0.1000. The molecule has 0 aromatic heterocycles. The molecule has 6 heteroatoms. The van der Waals surface area contributed by atoms with E-state index in [-0.39, 0.29) is 0 Å². The largest absolute Gasteiger partial charge is 0.255 e. The maximum Gasteiger partial charge on any atom is 0.255 e. The lowest BCUT2D eigenvalue weighted by Gasteiger charge is -1.92. The number of alkyl halides is 2. The van der Waals surface area contributed by atoms with Crippen LogP contribution in [0.25, 0.3) is 0 Å². The highest BCUT2D eigenvalue weighted by Crippen LogP contribution is 2.55. The summed E-state index contributed by atoms with van der Waals surface area (Å²) in [4.78, 5) is 0. The Morgan fingerprint density at radius 1 is 1.55 bits per heavy atom. The Labute approximate surface area is 68.0 Å². The Morgan fingerprint density at radius 2 is 1.91 bits per heavy atom. The second-order valence-electron chi connectivity index (χ2n) is 2.78. The summed E-state index contributed by atoms with van der Waals surface area (Å²) in [5.41, 5.74) is 0. The lowest BCUT2D eigenvalue weighted by atomic mass is 10.4. The van der Waals surface area contributed by atoms with Crippen LogP contribution in [-0.2, 0) is 9.05 Å². The fourth-order valence-electron chi connectivity index (χ4n) is 1.03. The van der Waals surface area contributed by atoms with Gasteiger partial charge in [0.05, 0.1) is 5.75 Å². The zero-order valence-corrected chi connectivity index (χ0v) is 7.29. The van der Waals surface area contributed by atoms with Gasteiger partial charge >= 0.3 is 0 Å². The molecule has 1 aliphatic carbocycles. The Bertz CT molecular complexity index is 262. The standard InChI is InChI=1S/C5H7ClF2O2S/c1-3-4(5(3,7)8)2-11(6,9)10/h3-4H,2H2,1H3/t3-,4-/m1/s1. The molecule has 0 aromatic rings. The van der Waals surface area contributed by atoms with Crippen molar-refractivity contribution >= 4 is 19.7 Å². The Balaban J connectivity index is 2.58. The minimum atomic E-state index is -3.77. The van der Waals surface area contributed by atoms with E-state index in [0.29, 0.717) is 0 Å². The first-order valence-electron chi connectivity index (χ1n) is 3.05. The average Bonchev–Trinajstić information content (AvgIpc) is 2.14. The van der Waals surface area contributed by atoms with Crippen molar-refractivity contribution in [1.82, 2.24) is 0 Å². The quantitative estimate of drug-likeness (QED) is 0.639. The van der Waals surface area contributed by atoms with Gasteiger partial charge in [-0.05, 0) is 0 Å². The van der Waals surface area contributed by atoms with Crippen molar-refractivity contribution in [3.8, 4) is 0 Å².